The summed E-state index contributed by atoms with van der Waals surface area (Å²) in [5.74, 6) is -0.0824. The molecule has 2 aromatic rings. The van der Waals surface area contributed by atoms with E-state index in [2.05, 4.69) is 29.0 Å². The zero-order valence-corrected chi connectivity index (χ0v) is 13.7. The van der Waals surface area contributed by atoms with E-state index in [0.717, 1.165) is 4.90 Å². The Morgan fingerprint density at radius 2 is 1.86 bits per heavy atom. The number of thioether (sulfide) groups is 1. The van der Waals surface area contributed by atoms with Crippen molar-refractivity contribution < 1.29 is 14.3 Å². The van der Waals surface area contributed by atoms with Gasteiger partial charge in [-0.15, -0.1) is 11.8 Å². The third-order valence-electron chi connectivity index (χ3n) is 3.53. The third-order valence-corrected chi connectivity index (χ3v) is 4.91. The molecule has 0 fully saturated rings. The summed E-state index contributed by atoms with van der Waals surface area (Å²) >= 11 is 1.57. The number of ether oxygens (including phenoxy) is 1. The molecule has 0 aliphatic carbocycles. The van der Waals surface area contributed by atoms with E-state index in [4.69, 9.17) is 0 Å². The molecule has 0 bridgehead atoms. The molecule has 0 amide bonds. The quantitative estimate of drug-likeness (QED) is 0.566. The highest BCUT2D eigenvalue weighted by Gasteiger charge is 2.16. The first-order valence-corrected chi connectivity index (χ1v) is 8.21. The molecule has 0 radical (unpaired) electrons. The van der Waals surface area contributed by atoms with E-state index in [1.54, 1.807) is 18.7 Å². The summed E-state index contributed by atoms with van der Waals surface area (Å²) in [6.45, 7) is 1.61. The van der Waals surface area contributed by atoms with Crippen molar-refractivity contribution in [3.8, 4) is 0 Å². The van der Waals surface area contributed by atoms with Crippen LogP contribution in [-0.4, -0.2) is 24.1 Å². The lowest BCUT2D eigenvalue weighted by molar-refractivity contribution is -0.140. The van der Waals surface area contributed by atoms with E-state index in [1.165, 1.54) is 17.9 Å². The van der Waals surface area contributed by atoms with Crippen molar-refractivity contribution in [3.05, 3.63) is 42.5 Å². The Labute approximate surface area is 135 Å². The Morgan fingerprint density at radius 1 is 1.14 bits per heavy atom. The summed E-state index contributed by atoms with van der Waals surface area (Å²) in [4.78, 5) is 24.1. The molecule has 0 aliphatic heterocycles. The maximum absolute atomic E-state index is 11.8. The molecule has 1 atom stereocenters. The lowest BCUT2D eigenvalue weighted by atomic mass is 10.1. The summed E-state index contributed by atoms with van der Waals surface area (Å²) in [7, 11) is 1.38. The smallest absolute Gasteiger partial charge is 0.305 e. The van der Waals surface area contributed by atoms with E-state index >= 15 is 0 Å². The van der Waals surface area contributed by atoms with Crippen LogP contribution in [0.3, 0.4) is 0 Å². The topological polar surface area (TPSA) is 43.4 Å². The average Bonchev–Trinajstić information content (AvgIpc) is 2.53. The molecule has 0 saturated heterocycles. The number of rotatable bonds is 7. The Hall–Kier alpha value is -1.81. The normalized spacial score (nSPS) is 12.1. The molecule has 2 aromatic carbocycles. The number of ketones is 1. The van der Waals surface area contributed by atoms with Gasteiger partial charge >= 0.3 is 5.97 Å². The lowest BCUT2D eigenvalue weighted by Gasteiger charge is -2.13. The van der Waals surface area contributed by atoms with E-state index in [-0.39, 0.29) is 17.0 Å². The van der Waals surface area contributed by atoms with Crippen LogP contribution in [0.1, 0.15) is 26.2 Å². The van der Waals surface area contributed by atoms with Crippen LogP contribution in [0.2, 0.25) is 0 Å². The molecule has 0 aromatic heterocycles. The van der Waals surface area contributed by atoms with Gasteiger partial charge in [-0.1, -0.05) is 30.3 Å². The van der Waals surface area contributed by atoms with Crippen molar-refractivity contribution in [1.82, 2.24) is 0 Å². The first-order valence-electron chi connectivity index (χ1n) is 7.33. The lowest BCUT2D eigenvalue weighted by Crippen LogP contribution is -2.14. The summed E-state index contributed by atoms with van der Waals surface area (Å²) in [5.41, 5.74) is 0. The minimum atomic E-state index is -0.224. The van der Waals surface area contributed by atoms with Crippen LogP contribution < -0.4 is 0 Å². The van der Waals surface area contributed by atoms with Crippen LogP contribution in [0.5, 0.6) is 0 Å². The SMILES string of the molecule is COC(=O)CCCC(Sc1ccc2ccccc2c1)C(C)=O. The van der Waals surface area contributed by atoms with E-state index in [0.29, 0.717) is 19.3 Å². The van der Waals surface area contributed by atoms with Crippen molar-refractivity contribution >= 4 is 34.3 Å². The number of benzene rings is 2. The molecule has 0 aliphatic rings. The predicted octanol–water partition coefficient (Wildman–Crippen LogP) is 4.23. The van der Waals surface area contributed by atoms with Crippen molar-refractivity contribution in [1.29, 1.82) is 0 Å². The van der Waals surface area contributed by atoms with Gasteiger partial charge < -0.3 is 4.74 Å². The van der Waals surface area contributed by atoms with Crippen LogP contribution >= 0.6 is 11.8 Å². The number of esters is 1. The number of fused-ring (bicyclic) bond motifs is 1. The molecule has 0 saturated carbocycles. The zero-order chi connectivity index (χ0) is 15.9. The molecule has 22 heavy (non-hydrogen) atoms. The predicted molar refractivity (Wildman–Crippen MR) is 90.1 cm³/mol. The highest BCUT2D eigenvalue weighted by Crippen LogP contribution is 2.30. The van der Waals surface area contributed by atoms with Gasteiger partial charge in [0.1, 0.15) is 5.78 Å². The Bertz CT molecular complexity index is 666. The van der Waals surface area contributed by atoms with E-state index in [9.17, 15) is 9.59 Å². The number of Topliss-reactive ketones (excluding diaryl/α,β-unsaturated/α-hetero) is 1. The molecule has 2 rings (SSSR count). The van der Waals surface area contributed by atoms with Gasteiger partial charge in [0.2, 0.25) is 0 Å². The van der Waals surface area contributed by atoms with E-state index < -0.39 is 0 Å². The molecule has 0 heterocycles. The fourth-order valence-corrected chi connectivity index (χ4v) is 3.40. The summed E-state index contributed by atoms with van der Waals surface area (Å²) in [6, 6.07) is 14.4. The standard InChI is InChI=1S/C18H20O3S/c1-13(19)17(8-5-9-18(20)21-2)22-16-11-10-14-6-3-4-7-15(14)12-16/h3-4,6-7,10-12,17H,5,8-9H2,1-2H3. The van der Waals surface area contributed by atoms with Gasteiger partial charge in [-0.3, -0.25) is 9.59 Å². The number of hydrogen-bond acceptors (Lipinski definition) is 4. The van der Waals surface area contributed by atoms with Crippen LogP contribution in [-0.2, 0) is 14.3 Å². The second-order valence-electron chi connectivity index (χ2n) is 5.19. The summed E-state index contributed by atoms with van der Waals surface area (Å²) in [6.07, 6.45) is 1.71. The van der Waals surface area contributed by atoms with Crippen LogP contribution in [0.15, 0.2) is 47.4 Å². The van der Waals surface area contributed by atoms with Gasteiger partial charge in [-0.2, -0.15) is 0 Å². The maximum atomic E-state index is 11.8. The Morgan fingerprint density at radius 3 is 2.55 bits per heavy atom. The number of methoxy groups -OCH3 is 1. The molecule has 0 spiro atoms. The maximum Gasteiger partial charge on any atom is 0.305 e. The minimum Gasteiger partial charge on any atom is -0.469 e. The van der Waals surface area contributed by atoms with Crippen molar-refractivity contribution in [2.75, 3.05) is 7.11 Å². The monoisotopic (exact) mass is 316 g/mol. The van der Waals surface area contributed by atoms with Crippen molar-refractivity contribution in [2.45, 2.75) is 36.3 Å². The second-order valence-corrected chi connectivity index (χ2v) is 6.47. The van der Waals surface area contributed by atoms with Gasteiger partial charge in [0.25, 0.3) is 0 Å². The first kappa shape index (κ1) is 16.6. The summed E-state index contributed by atoms with van der Waals surface area (Å²) in [5, 5.41) is 2.24. The molecule has 4 heteroatoms. The van der Waals surface area contributed by atoms with Crippen molar-refractivity contribution in [3.63, 3.8) is 0 Å². The molecule has 116 valence electrons. The fourth-order valence-electron chi connectivity index (χ4n) is 2.28. The molecule has 0 N–H and O–H groups in total. The van der Waals surface area contributed by atoms with Gasteiger partial charge in [0.05, 0.1) is 12.4 Å². The second kappa shape index (κ2) is 7.99. The highest BCUT2D eigenvalue weighted by molar-refractivity contribution is 8.00. The van der Waals surface area contributed by atoms with Gasteiger partial charge in [0, 0.05) is 11.3 Å². The Balaban J connectivity index is 2.02. The van der Waals surface area contributed by atoms with Crippen molar-refractivity contribution in [2.24, 2.45) is 0 Å². The zero-order valence-electron chi connectivity index (χ0n) is 12.9. The average molecular weight is 316 g/mol. The highest BCUT2D eigenvalue weighted by atomic mass is 32.2. The van der Waals surface area contributed by atoms with Crippen LogP contribution in [0.4, 0.5) is 0 Å². The fraction of sp³-hybridized carbons (Fsp3) is 0.333. The number of carbonyl (C=O) groups is 2. The van der Waals surface area contributed by atoms with Gasteiger partial charge in [0.15, 0.2) is 0 Å². The van der Waals surface area contributed by atoms with Crippen LogP contribution in [0, 0.1) is 0 Å². The largest absolute Gasteiger partial charge is 0.469 e. The number of carbonyl (C=O) groups excluding carboxylic acids is 2. The van der Waals surface area contributed by atoms with Gasteiger partial charge in [-0.05, 0) is 42.7 Å². The van der Waals surface area contributed by atoms with Crippen LogP contribution in [0.25, 0.3) is 10.8 Å². The third kappa shape index (κ3) is 4.60. The van der Waals surface area contributed by atoms with E-state index in [1.807, 2.05) is 18.2 Å². The molecular weight excluding hydrogens is 296 g/mol. The first-order chi connectivity index (χ1) is 10.6. The molecular formula is C18H20O3S. The summed E-state index contributed by atoms with van der Waals surface area (Å²) < 4.78 is 4.63. The number of hydrogen-bond donors (Lipinski definition) is 0. The Kier molecular flexibility index (Phi) is 6.01. The molecule has 1 unspecified atom stereocenters. The van der Waals surface area contributed by atoms with Gasteiger partial charge in [-0.25, -0.2) is 0 Å². The molecule has 3 nitrogen and oxygen atoms in total. The minimum absolute atomic E-state index is 0.120.